The first-order valence-corrected chi connectivity index (χ1v) is 4.93. The van der Waals surface area contributed by atoms with Crippen molar-refractivity contribution in [3.8, 4) is 0 Å². The van der Waals surface area contributed by atoms with Crippen LogP contribution in [0, 0.1) is 0 Å². The maximum absolute atomic E-state index is 8.83. The van der Waals surface area contributed by atoms with Crippen molar-refractivity contribution in [3.05, 3.63) is 0 Å². The minimum Gasteiger partial charge on any atom is -0.395 e. The Labute approximate surface area is 74.5 Å². The highest BCUT2D eigenvalue weighted by molar-refractivity contribution is 4.79. The molecule has 0 aromatic rings. The molecule has 0 amide bonds. The molecule has 3 heteroatoms. The molecule has 0 heterocycles. The molecule has 3 N–H and O–H groups in total. The van der Waals surface area contributed by atoms with E-state index in [-0.39, 0.29) is 6.61 Å². The Morgan fingerprint density at radius 1 is 1.33 bits per heavy atom. The molecule has 1 aliphatic carbocycles. The molecule has 0 aromatic carbocycles. The van der Waals surface area contributed by atoms with Gasteiger partial charge in [0.15, 0.2) is 0 Å². The minimum atomic E-state index is 0.279. The number of hydrogen-bond donors (Lipinski definition) is 2. The van der Waals surface area contributed by atoms with Gasteiger partial charge in [-0.2, -0.15) is 0 Å². The lowest BCUT2D eigenvalue weighted by Crippen LogP contribution is -2.42. The van der Waals surface area contributed by atoms with Crippen molar-refractivity contribution in [1.29, 1.82) is 0 Å². The zero-order valence-electron chi connectivity index (χ0n) is 7.71. The Kier molecular flexibility index (Phi) is 4.58. The number of hydrogen-bond acceptors (Lipinski definition) is 3. The third-order valence-corrected chi connectivity index (χ3v) is 2.63. The number of rotatable bonds is 6. The fourth-order valence-corrected chi connectivity index (χ4v) is 1.65. The summed E-state index contributed by atoms with van der Waals surface area (Å²) >= 11 is 0. The van der Waals surface area contributed by atoms with Crippen LogP contribution in [-0.4, -0.2) is 42.3 Å². The van der Waals surface area contributed by atoms with E-state index in [1.54, 1.807) is 0 Å². The van der Waals surface area contributed by atoms with Crippen molar-refractivity contribution in [2.75, 3.05) is 26.2 Å². The van der Waals surface area contributed by atoms with Crippen LogP contribution in [0.3, 0.4) is 0 Å². The van der Waals surface area contributed by atoms with Gasteiger partial charge in [0.1, 0.15) is 0 Å². The summed E-state index contributed by atoms with van der Waals surface area (Å²) in [7, 11) is 0. The summed E-state index contributed by atoms with van der Waals surface area (Å²) in [6.07, 6.45) is 5.03. The molecule has 3 nitrogen and oxygen atoms in total. The van der Waals surface area contributed by atoms with Crippen LogP contribution >= 0.6 is 0 Å². The SMILES string of the molecule is NCCCN(CCO)C1CCC1. The van der Waals surface area contributed by atoms with Gasteiger partial charge in [-0.1, -0.05) is 6.42 Å². The predicted molar refractivity (Wildman–Crippen MR) is 50.0 cm³/mol. The monoisotopic (exact) mass is 172 g/mol. The standard InChI is InChI=1S/C9H20N2O/c10-5-2-6-11(7-8-12)9-3-1-4-9/h9,12H,1-8,10H2. The van der Waals surface area contributed by atoms with Crippen LogP contribution in [-0.2, 0) is 0 Å². The lowest BCUT2D eigenvalue weighted by atomic mass is 9.91. The van der Waals surface area contributed by atoms with Gasteiger partial charge in [0.25, 0.3) is 0 Å². The van der Waals surface area contributed by atoms with Crippen LogP contribution in [0.4, 0.5) is 0 Å². The van der Waals surface area contributed by atoms with Crippen LogP contribution in [0.15, 0.2) is 0 Å². The van der Waals surface area contributed by atoms with Crippen LogP contribution < -0.4 is 5.73 Å². The van der Waals surface area contributed by atoms with Crippen LogP contribution in [0.5, 0.6) is 0 Å². The summed E-state index contributed by atoms with van der Waals surface area (Å²) in [4.78, 5) is 2.37. The maximum Gasteiger partial charge on any atom is 0.0558 e. The third-order valence-electron chi connectivity index (χ3n) is 2.63. The molecule has 0 saturated heterocycles. The lowest BCUT2D eigenvalue weighted by molar-refractivity contribution is 0.101. The minimum absolute atomic E-state index is 0.279. The quantitative estimate of drug-likeness (QED) is 0.601. The summed E-state index contributed by atoms with van der Waals surface area (Å²) < 4.78 is 0. The summed E-state index contributed by atoms with van der Waals surface area (Å²) in [6.45, 7) is 2.92. The maximum atomic E-state index is 8.83. The van der Waals surface area contributed by atoms with Crippen LogP contribution in [0.2, 0.25) is 0 Å². The molecule has 0 aliphatic heterocycles. The average Bonchev–Trinajstić information content (AvgIpc) is 1.97. The molecule has 72 valence electrons. The molecular formula is C9H20N2O. The average molecular weight is 172 g/mol. The van der Waals surface area contributed by atoms with Crippen molar-refractivity contribution in [2.24, 2.45) is 5.73 Å². The van der Waals surface area contributed by atoms with Gasteiger partial charge in [-0.15, -0.1) is 0 Å². The van der Waals surface area contributed by atoms with Crippen molar-refractivity contribution in [3.63, 3.8) is 0 Å². The van der Waals surface area contributed by atoms with E-state index in [0.29, 0.717) is 0 Å². The Morgan fingerprint density at radius 3 is 2.50 bits per heavy atom. The first kappa shape index (κ1) is 9.96. The predicted octanol–water partition coefficient (Wildman–Crippen LogP) is 0.182. The Bertz CT molecular complexity index is 115. The number of nitrogens with zero attached hydrogens (tertiary/aromatic N) is 1. The fraction of sp³-hybridized carbons (Fsp3) is 1.00. The van der Waals surface area contributed by atoms with Gasteiger partial charge in [0.2, 0.25) is 0 Å². The zero-order chi connectivity index (χ0) is 8.81. The van der Waals surface area contributed by atoms with Crippen molar-refractivity contribution in [2.45, 2.75) is 31.7 Å². The van der Waals surface area contributed by atoms with E-state index >= 15 is 0 Å². The van der Waals surface area contributed by atoms with E-state index in [0.717, 1.165) is 32.1 Å². The first-order valence-electron chi connectivity index (χ1n) is 4.93. The van der Waals surface area contributed by atoms with E-state index in [1.807, 2.05) is 0 Å². The van der Waals surface area contributed by atoms with Crippen molar-refractivity contribution in [1.82, 2.24) is 4.90 Å². The van der Waals surface area contributed by atoms with Gasteiger partial charge in [-0.05, 0) is 32.4 Å². The molecule has 1 aliphatic rings. The largest absolute Gasteiger partial charge is 0.395 e. The van der Waals surface area contributed by atoms with Gasteiger partial charge in [0, 0.05) is 12.6 Å². The van der Waals surface area contributed by atoms with Gasteiger partial charge < -0.3 is 10.8 Å². The Hall–Kier alpha value is -0.120. The van der Waals surface area contributed by atoms with E-state index in [2.05, 4.69) is 4.90 Å². The number of nitrogens with two attached hydrogens (primary N) is 1. The molecule has 1 rings (SSSR count). The number of aliphatic hydroxyl groups excluding tert-OH is 1. The molecule has 12 heavy (non-hydrogen) atoms. The van der Waals surface area contributed by atoms with E-state index in [9.17, 15) is 0 Å². The summed E-state index contributed by atoms with van der Waals surface area (Å²) in [6, 6.07) is 0.740. The number of aliphatic hydroxyl groups is 1. The fourth-order valence-electron chi connectivity index (χ4n) is 1.65. The van der Waals surface area contributed by atoms with Crippen LogP contribution in [0.25, 0.3) is 0 Å². The second-order valence-corrected chi connectivity index (χ2v) is 3.49. The zero-order valence-corrected chi connectivity index (χ0v) is 7.71. The smallest absolute Gasteiger partial charge is 0.0558 e. The summed E-state index contributed by atoms with van der Waals surface area (Å²) in [5.41, 5.74) is 5.44. The first-order chi connectivity index (χ1) is 5.88. The van der Waals surface area contributed by atoms with Gasteiger partial charge in [-0.25, -0.2) is 0 Å². The second kappa shape index (κ2) is 5.51. The van der Waals surface area contributed by atoms with Crippen LogP contribution in [0.1, 0.15) is 25.7 Å². The highest BCUT2D eigenvalue weighted by Crippen LogP contribution is 2.24. The lowest BCUT2D eigenvalue weighted by Gasteiger charge is -2.37. The van der Waals surface area contributed by atoms with E-state index in [1.165, 1.54) is 19.3 Å². The van der Waals surface area contributed by atoms with Gasteiger partial charge in [-0.3, -0.25) is 4.90 Å². The molecule has 0 bridgehead atoms. The molecule has 0 atom stereocenters. The topological polar surface area (TPSA) is 49.5 Å². The Morgan fingerprint density at radius 2 is 2.08 bits per heavy atom. The van der Waals surface area contributed by atoms with E-state index < -0.39 is 0 Å². The molecule has 0 unspecified atom stereocenters. The highest BCUT2D eigenvalue weighted by atomic mass is 16.3. The molecule has 0 aromatic heterocycles. The van der Waals surface area contributed by atoms with Crippen molar-refractivity contribution < 1.29 is 5.11 Å². The second-order valence-electron chi connectivity index (χ2n) is 3.49. The van der Waals surface area contributed by atoms with Crippen molar-refractivity contribution >= 4 is 0 Å². The normalized spacial score (nSPS) is 18.2. The molecular weight excluding hydrogens is 152 g/mol. The molecule has 0 spiro atoms. The summed E-state index contributed by atoms with van der Waals surface area (Å²) in [5.74, 6) is 0. The third kappa shape index (κ3) is 2.73. The molecule has 1 saturated carbocycles. The van der Waals surface area contributed by atoms with Gasteiger partial charge >= 0.3 is 0 Å². The molecule has 1 fully saturated rings. The van der Waals surface area contributed by atoms with Gasteiger partial charge in [0.05, 0.1) is 6.61 Å². The molecule has 0 radical (unpaired) electrons. The summed E-state index contributed by atoms with van der Waals surface area (Å²) in [5, 5.41) is 8.83. The highest BCUT2D eigenvalue weighted by Gasteiger charge is 2.23. The Balaban J connectivity index is 2.17. The van der Waals surface area contributed by atoms with E-state index in [4.69, 9.17) is 10.8 Å².